The van der Waals surface area contributed by atoms with Crippen LogP contribution in [0.2, 0.25) is 0 Å². The van der Waals surface area contributed by atoms with Crippen LogP contribution < -0.4 is 11.5 Å². The average Bonchev–Trinajstić information content (AvgIpc) is 2.08. The highest BCUT2D eigenvalue weighted by Crippen LogP contribution is 2.07. The van der Waals surface area contributed by atoms with E-state index in [0.29, 0.717) is 6.42 Å². The van der Waals surface area contributed by atoms with Gasteiger partial charge in [0.15, 0.2) is 0 Å². The zero-order chi connectivity index (χ0) is 9.84. The van der Waals surface area contributed by atoms with Gasteiger partial charge in [-0.1, -0.05) is 12.1 Å². The summed E-state index contributed by atoms with van der Waals surface area (Å²) in [7, 11) is 0. The Morgan fingerprint density at radius 2 is 1.92 bits per heavy atom. The minimum Gasteiger partial charge on any atom is -0.368 e. The summed E-state index contributed by atoms with van der Waals surface area (Å²) in [5, 5.41) is 0. The normalized spacial score (nSPS) is 12.5. The summed E-state index contributed by atoms with van der Waals surface area (Å²) in [5.41, 5.74) is 11.6. The van der Waals surface area contributed by atoms with E-state index in [2.05, 4.69) is 22.6 Å². The van der Waals surface area contributed by atoms with Crippen molar-refractivity contribution >= 4 is 28.5 Å². The van der Waals surface area contributed by atoms with Gasteiger partial charge in [0, 0.05) is 3.57 Å². The van der Waals surface area contributed by atoms with Crippen LogP contribution >= 0.6 is 22.6 Å². The van der Waals surface area contributed by atoms with Gasteiger partial charge in [-0.15, -0.1) is 0 Å². The molecular formula is C9H11IN2O. The number of amides is 1. The Labute approximate surface area is 90.6 Å². The van der Waals surface area contributed by atoms with Crippen LogP contribution in [-0.2, 0) is 11.2 Å². The molecule has 0 saturated heterocycles. The molecule has 0 aliphatic rings. The molecule has 0 aliphatic heterocycles. The molecule has 4 N–H and O–H groups in total. The predicted octanol–water partition coefficient (Wildman–Crippen LogP) is 0.646. The third-order valence-electron chi connectivity index (χ3n) is 1.73. The molecule has 0 bridgehead atoms. The van der Waals surface area contributed by atoms with Crippen molar-refractivity contribution in [1.82, 2.24) is 0 Å². The van der Waals surface area contributed by atoms with Crippen LogP contribution in [0, 0.1) is 3.57 Å². The van der Waals surface area contributed by atoms with Gasteiger partial charge in [0.2, 0.25) is 5.91 Å². The summed E-state index contributed by atoms with van der Waals surface area (Å²) in [4.78, 5) is 10.7. The molecule has 4 heteroatoms. The van der Waals surface area contributed by atoms with Crippen LogP contribution in [-0.4, -0.2) is 11.9 Å². The molecule has 13 heavy (non-hydrogen) atoms. The third-order valence-corrected chi connectivity index (χ3v) is 2.45. The molecule has 0 saturated carbocycles. The van der Waals surface area contributed by atoms with E-state index in [0.717, 1.165) is 9.13 Å². The Morgan fingerprint density at radius 1 is 1.38 bits per heavy atom. The lowest BCUT2D eigenvalue weighted by atomic mass is 10.1. The molecule has 0 aromatic heterocycles. The SMILES string of the molecule is NC(=O)C(N)Cc1ccc(I)cc1. The molecule has 1 aromatic rings. The number of hydrogen-bond donors (Lipinski definition) is 2. The van der Waals surface area contributed by atoms with E-state index in [9.17, 15) is 4.79 Å². The standard InChI is InChI=1S/C9H11IN2O/c10-7-3-1-6(2-4-7)5-8(11)9(12)13/h1-4,8H,5,11H2,(H2,12,13). The van der Waals surface area contributed by atoms with Crippen LogP contribution in [0.5, 0.6) is 0 Å². The first kappa shape index (κ1) is 10.5. The van der Waals surface area contributed by atoms with Gasteiger partial charge in [-0.05, 0) is 46.7 Å². The fourth-order valence-corrected chi connectivity index (χ4v) is 1.33. The fraction of sp³-hybridized carbons (Fsp3) is 0.222. The van der Waals surface area contributed by atoms with E-state index >= 15 is 0 Å². The summed E-state index contributed by atoms with van der Waals surface area (Å²) in [6.07, 6.45) is 0.506. The summed E-state index contributed by atoms with van der Waals surface area (Å²) < 4.78 is 1.16. The Balaban J connectivity index is 2.64. The van der Waals surface area contributed by atoms with Gasteiger partial charge >= 0.3 is 0 Å². The Morgan fingerprint density at radius 3 is 2.38 bits per heavy atom. The number of carbonyl (C=O) groups excluding carboxylic acids is 1. The number of rotatable bonds is 3. The van der Waals surface area contributed by atoms with E-state index in [1.165, 1.54) is 0 Å². The number of carbonyl (C=O) groups is 1. The first-order valence-corrected chi connectivity index (χ1v) is 4.97. The zero-order valence-electron chi connectivity index (χ0n) is 7.03. The van der Waals surface area contributed by atoms with Crippen LogP contribution in [0.25, 0.3) is 0 Å². The minimum atomic E-state index is -0.583. The van der Waals surface area contributed by atoms with E-state index < -0.39 is 11.9 Å². The quantitative estimate of drug-likeness (QED) is 0.802. The lowest BCUT2D eigenvalue weighted by Crippen LogP contribution is -2.38. The van der Waals surface area contributed by atoms with Gasteiger partial charge in [-0.25, -0.2) is 0 Å². The molecule has 1 unspecified atom stereocenters. The highest BCUT2D eigenvalue weighted by atomic mass is 127. The number of hydrogen-bond acceptors (Lipinski definition) is 2. The van der Waals surface area contributed by atoms with Gasteiger partial charge in [-0.2, -0.15) is 0 Å². The Bertz CT molecular complexity index is 297. The first-order valence-electron chi connectivity index (χ1n) is 3.89. The van der Waals surface area contributed by atoms with Crippen molar-refractivity contribution in [2.45, 2.75) is 12.5 Å². The second kappa shape index (κ2) is 4.57. The van der Waals surface area contributed by atoms with E-state index in [1.54, 1.807) is 0 Å². The smallest absolute Gasteiger partial charge is 0.234 e. The van der Waals surface area contributed by atoms with Gasteiger partial charge in [-0.3, -0.25) is 4.79 Å². The molecular weight excluding hydrogens is 279 g/mol. The summed E-state index contributed by atoms with van der Waals surface area (Å²) >= 11 is 2.22. The summed E-state index contributed by atoms with van der Waals surface area (Å²) in [6, 6.07) is 7.27. The maximum absolute atomic E-state index is 10.7. The highest BCUT2D eigenvalue weighted by molar-refractivity contribution is 14.1. The van der Waals surface area contributed by atoms with Crippen molar-refractivity contribution in [2.24, 2.45) is 11.5 Å². The molecule has 1 aromatic carbocycles. The Hall–Kier alpha value is -0.620. The maximum atomic E-state index is 10.7. The molecule has 3 nitrogen and oxygen atoms in total. The first-order chi connectivity index (χ1) is 6.09. The molecule has 1 atom stereocenters. The van der Waals surface area contributed by atoms with E-state index in [4.69, 9.17) is 11.5 Å². The average molecular weight is 290 g/mol. The van der Waals surface area contributed by atoms with Crippen molar-refractivity contribution in [3.05, 3.63) is 33.4 Å². The summed E-state index contributed by atoms with van der Waals surface area (Å²) in [6.45, 7) is 0. The lowest BCUT2D eigenvalue weighted by molar-refractivity contribution is -0.119. The second-order valence-electron chi connectivity index (χ2n) is 2.84. The number of benzene rings is 1. The summed E-state index contributed by atoms with van der Waals surface area (Å²) in [5.74, 6) is -0.460. The molecule has 1 rings (SSSR count). The molecule has 70 valence electrons. The van der Waals surface area contributed by atoms with Gasteiger partial charge in [0.1, 0.15) is 0 Å². The highest BCUT2D eigenvalue weighted by Gasteiger charge is 2.09. The van der Waals surface area contributed by atoms with Gasteiger partial charge in [0.05, 0.1) is 6.04 Å². The third kappa shape index (κ3) is 3.31. The number of nitrogens with two attached hydrogens (primary N) is 2. The second-order valence-corrected chi connectivity index (χ2v) is 4.09. The molecule has 1 amide bonds. The molecule has 0 radical (unpaired) electrons. The molecule has 0 fully saturated rings. The van der Waals surface area contributed by atoms with Crippen LogP contribution in [0.4, 0.5) is 0 Å². The minimum absolute atomic E-state index is 0.460. The lowest BCUT2D eigenvalue weighted by Gasteiger charge is -2.06. The van der Waals surface area contributed by atoms with Crippen LogP contribution in [0.3, 0.4) is 0 Å². The molecule has 0 aliphatic carbocycles. The molecule has 0 heterocycles. The van der Waals surface area contributed by atoms with Crippen molar-refractivity contribution in [3.8, 4) is 0 Å². The fourth-order valence-electron chi connectivity index (χ4n) is 0.975. The zero-order valence-corrected chi connectivity index (χ0v) is 9.19. The topological polar surface area (TPSA) is 69.1 Å². The van der Waals surface area contributed by atoms with Crippen molar-refractivity contribution in [3.63, 3.8) is 0 Å². The number of halogens is 1. The van der Waals surface area contributed by atoms with Gasteiger partial charge in [0.25, 0.3) is 0 Å². The Kier molecular flexibility index (Phi) is 3.68. The van der Waals surface area contributed by atoms with Gasteiger partial charge < -0.3 is 11.5 Å². The largest absolute Gasteiger partial charge is 0.368 e. The van der Waals surface area contributed by atoms with Crippen molar-refractivity contribution < 1.29 is 4.79 Å². The van der Waals surface area contributed by atoms with Crippen molar-refractivity contribution in [2.75, 3.05) is 0 Å². The molecule has 0 spiro atoms. The van der Waals surface area contributed by atoms with Crippen LogP contribution in [0.1, 0.15) is 5.56 Å². The number of primary amides is 1. The predicted molar refractivity (Wildman–Crippen MR) is 60.0 cm³/mol. The van der Waals surface area contributed by atoms with Crippen molar-refractivity contribution in [1.29, 1.82) is 0 Å². The maximum Gasteiger partial charge on any atom is 0.234 e. The monoisotopic (exact) mass is 290 g/mol. The van der Waals surface area contributed by atoms with Crippen LogP contribution in [0.15, 0.2) is 24.3 Å². The van der Waals surface area contributed by atoms with E-state index in [-0.39, 0.29) is 0 Å². The van der Waals surface area contributed by atoms with E-state index in [1.807, 2.05) is 24.3 Å².